The number of nitrogens with one attached hydrogen (secondary N) is 1. The molecule has 114 valence electrons. The molecule has 2 rings (SSSR count). The van der Waals surface area contributed by atoms with Crippen molar-refractivity contribution in [3.63, 3.8) is 0 Å². The van der Waals surface area contributed by atoms with Gasteiger partial charge in [0.1, 0.15) is 5.82 Å². The van der Waals surface area contributed by atoms with Crippen LogP contribution in [0, 0.1) is 0 Å². The molecule has 8 heteroatoms. The number of hydrogen-bond acceptors (Lipinski definition) is 4. The fraction of sp³-hybridized carbons (Fsp3) is 0.833. The molecular weight excluding hydrogens is 271 g/mol. The molecule has 0 fully saturated rings. The summed E-state index contributed by atoms with van der Waals surface area (Å²) in [5.41, 5.74) is 0. The van der Waals surface area contributed by atoms with E-state index in [1.54, 1.807) is 0 Å². The van der Waals surface area contributed by atoms with E-state index in [1.807, 2.05) is 7.05 Å². The summed E-state index contributed by atoms with van der Waals surface area (Å²) >= 11 is 0. The first-order valence-electron chi connectivity index (χ1n) is 6.85. The highest BCUT2D eigenvalue weighted by Crippen LogP contribution is 2.29. The molecule has 0 bridgehead atoms. The quantitative estimate of drug-likeness (QED) is 0.893. The van der Waals surface area contributed by atoms with Crippen LogP contribution in [0.2, 0.25) is 0 Å². The minimum Gasteiger partial charge on any atom is -0.318 e. The minimum absolute atomic E-state index is 0.293. The molecular formula is C12H20F3N5. The smallest absolute Gasteiger partial charge is 0.318 e. The molecule has 0 amide bonds. The average Bonchev–Trinajstić information content (AvgIpc) is 2.81. The van der Waals surface area contributed by atoms with Crippen LogP contribution in [0.3, 0.4) is 0 Å². The van der Waals surface area contributed by atoms with Gasteiger partial charge in [-0.3, -0.25) is 4.90 Å². The van der Waals surface area contributed by atoms with E-state index in [-0.39, 0.29) is 0 Å². The Morgan fingerprint density at radius 2 is 2.05 bits per heavy atom. The lowest BCUT2D eigenvalue weighted by Gasteiger charge is -2.34. The molecule has 0 saturated carbocycles. The molecule has 20 heavy (non-hydrogen) atoms. The zero-order valence-electron chi connectivity index (χ0n) is 11.7. The maximum atomic E-state index is 12.8. The number of fused-ring (bicyclic) bond motifs is 1. The number of halogens is 3. The van der Waals surface area contributed by atoms with E-state index in [0.717, 1.165) is 19.4 Å². The highest BCUT2D eigenvalue weighted by atomic mass is 19.4. The molecule has 1 unspecified atom stereocenters. The maximum absolute atomic E-state index is 12.8. The van der Waals surface area contributed by atoms with Crippen LogP contribution in [0.1, 0.15) is 31.4 Å². The topological polar surface area (TPSA) is 46.0 Å². The summed E-state index contributed by atoms with van der Waals surface area (Å²) in [6.45, 7) is 4.25. The standard InChI is InChI=1S/C12H20F3N5/c1-3-4-9(7-16-2)19-5-6-20-10(8-19)17-18-11(20)12(13,14)15/h9,16H,3-8H2,1-2H3. The predicted octanol–water partition coefficient (Wildman–Crippen LogP) is 1.50. The van der Waals surface area contributed by atoms with Gasteiger partial charge in [-0.15, -0.1) is 10.2 Å². The van der Waals surface area contributed by atoms with Crippen LogP contribution in [0.5, 0.6) is 0 Å². The summed E-state index contributed by atoms with van der Waals surface area (Å²) < 4.78 is 39.5. The molecule has 0 radical (unpaired) electrons. The Morgan fingerprint density at radius 3 is 2.65 bits per heavy atom. The fourth-order valence-corrected chi connectivity index (χ4v) is 2.68. The largest absolute Gasteiger partial charge is 0.451 e. The van der Waals surface area contributed by atoms with Crippen LogP contribution in [-0.4, -0.2) is 45.8 Å². The summed E-state index contributed by atoms with van der Waals surface area (Å²) in [6.07, 6.45) is -2.37. The van der Waals surface area contributed by atoms with Crippen molar-refractivity contribution in [3.05, 3.63) is 11.6 Å². The number of likely N-dealkylation sites (N-methyl/N-ethyl adjacent to an activating group) is 1. The zero-order chi connectivity index (χ0) is 14.8. The molecule has 1 atom stereocenters. The predicted molar refractivity (Wildman–Crippen MR) is 68.1 cm³/mol. The number of hydrogen-bond donors (Lipinski definition) is 1. The summed E-state index contributed by atoms with van der Waals surface area (Å²) in [7, 11) is 1.89. The van der Waals surface area contributed by atoms with Gasteiger partial charge in [0, 0.05) is 25.7 Å². The van der Waals surface area contributed by atoms with Crippen LogP contribution in [0.4, 0.5) is 13.2 Å². The molecule has 1 N–H and O–H groups in total. The monoisotopic (exact) mass is 291 g/mol. The first kappa shape index (κ1) is 15.2. The van der Waals surface area contributed by atoms with E-state index in [9.17, 15) is 13.2 Å². The van der Waals surface area contributed by atoms with E-state index in [1.165, 1.54) is 4.57 Å². The lowest BCUT2D eigenvalue weighted by atomic mass is 10.1. The zero-order valence-corrected chi connectivity index (χ0v) is 11.7. The number of rotatable bonds is 5. The first-order chi connectivity index (χ1) is 9.47. The molecule has 1 aliphatic heterocycles. The van der Waals surface area contributed by atoms with Gasteiger partial charge in [0.05, 0.1) is 6.54 Å². The SMILES string of the molecule is CCCC(CNC)N1CCn2c(nnc2C(F)(F)F)C1. The normalized spacial score (nSPS) is 18.1. The van der Waals surface area contributed by atoms with Crippen LogP contribution in [0.15, 0.2) is 0 Å². The third-order valence-electron chi connectivity index (χ3n) is 3.61. The Kier molecular flexibility index (Phi) is 4.64. The van der Waals surface area contributed by atoms with Crippen molar-refractivity contribution in [1.29, 1.82) is 0 Å². The van der Waals surface area contributed by atoms with Gasteiger partial charge in [-0.25, -0.2) is 0 Å². The molecule has 1 aromatic rings. The summed E-state index contributed by atoms with van der Waals surface area (Å²) in [4.78, 5) is 2.18. The second-order valence-corrected chi connectivity index (χ2v) is 5.06. The van der Waals surface area contributed by atoms with Crippen molar-refractivity contribution in [2.75, 3.05) is 20.1 Å². The maximum Gasteiger partial charge on any atom is 0.451 e. The van der Waals surface area contributed by atoms with Crippen LogP contribution in [-0.2, 0) is 19.3 Å². The van der Waals surface area contributed by atoms with Gasteiger partial charge >= 0.3 is 6.18 Å². The molecule has 5 nitrogen and oxygen atoms in total. The van der Waals surface area contributed by atoms with Gasteiger partial charge in [-0.1, -0.05) is 13.3 Å². The summed E-state index contributed by atoms with van der Waals surface area (Å²) in [5.74, 6) is -0.478. The summed E-state index contributed by atoms with van der Waals surface area (Å²) in [6, 6.07) is 0.324. The second-order valence-electron chi connectivity index (χ2n) is 5.06. The highest BCUT2D eigenvalue weighted by molar-refractivity contribution is 5.02. The highest BCUT2D eigenvalue weighted by Gasteiger charge is 2.39. The van der Waals surface area contributed by atoms with E-state index < -0.39 is 12.0 Å². The van der Waals surface area contributed by atoms with Gasteiger partial charge in [0.15, 0.2) is 0 Å². The number of alkyl halides is 3. The van der Waals surface area contributed by atoms with Crippen molar-refractivity contribution in [3.8, 4) is 0 Å². The minimum atomic E-state index is -4.43. The molecule has 1 aliphatic rings. The van der Waals surface area contributed by atoms with Gasteiger partial charge < -0.3 is 9.88 Å². The Balaban J connectivity index is 2.13. The van der Waals surface area contributed by atoms with Crippen molar-refractivity contribution in [2.24, 2.45) is 0 Å². The molecule has 0 aliphatic carbocycles. The third kappa shape index (κ3) is 3.12. The van der Waals surface area contributed by atoms with Crippen LogP contribution < -0.4 is 5.32 Å². The molecule has 0 saturated heterocycles. The van der Waals surface area contributed by atoms with Crippen molar-refractivity contribution in [1.82, 2.24) is 25.0 Å². The van der Waals surface area contributed by atoms with Gasteiger partial charge in [0.2, 0.25) is 5.82 Å². The fourth-order valence-electron chi connectivity index (χ4n) is 2.68. The van der Waals surface area contributed by atoms with Crippen LogP contribution >= 0.6 is 0 Å². The second kappa shape index (κ2) is 6.09. The number of aromatic nitrogens is 3. The molecule has 0 aromatic carbocycles. The Morgan fingerprint density at radius 1 is 1.30 bits per heavy atom. The lowest BCUT2D eigenvalue weighted by molar-refractivity contribution is -0.148. The van der Waals surface area contributed by atoms with Gasteiger partial charge in [-0.05, 0) is 13.5 Å². The van der Waals surface area contributed by atoms with Crippen molar-refractivity contribution >= 4 is 0 Å². The van der Waals surface area contributed by atoms with Crippen molar-refractivity contribution < 1.29 is 13.2 Å². The van der Waals surface area contributed by atoms with E-state index in [2.05, 4.69) is 27.3 Å². The summed E-state index contributed by atoms with van der Waals surface area (Å²) in [5, 5.41) is 10.1. The van der Waals surface area contributed by atoms with Crippen molar-refractivity contribution in [2.45, 2.75) is 45.1 Å². The molecule has 1 aromatic heterocycles. The number of nitrogens with zero attached hydrogens (tertiary/aromatic N) is 4. The molecule has 0 spiro atoms. The van der Waals surface area contributed by atoms with Gasteiger partial charge in [-0.2, -0.15) is 13.2 Å². The van der Waals surface area contributed by atoms with Crippen LogP contribution in [0.25, 0.3) is 0 Å². The Labute approximate surface area is 116 Å². The Hall–Kier alpha value is -1.15. The first-order valence-corrected chi connectivity index (χ1v) is 6.85. The van der Waals surface area contributed by atoms with E-state index in [4.69, 9.17) is 0 Å². The van der Waals surface area contributed by atoms with E-state index >= 15 is 0 Å². The third-order valence-corrected chi connectivity index (χ3v) is 3.61. The van der Waals surface area contributed by atoms with Gasteiger partial charge in [0.25, 0.3) is 0 Å². The molecule has 2 heterocycles. The van der Waals surface area contributed by atoms with E-state index in [0.29, 0.717) is 31.5 Å². The lowest BCUT2D eigenvalue weighted by Crippen LogP contribution is -2.46. The Bertz CT molecular complexity index is 437. The average molecular weight is 291 g/mol.